The first-order chi connectivity index (χ1) is 17.5. The highest BCUT2D eigenvalue weighted by Gasteiger charge is 2.37. The lowest BCUT2D eigenvalue weighted by Crippen LogP contribution is -2.33. The molecule has 0 saturated carbocycles. The van der Waals surface area contributed by atoms with Gasteiger partial charge >= 0.3 is 5.97 Å². The van der Waals surface area contributed by atoms with Crippen LogP contribution in [-0.4, -0.2) is 38.2 Å². The molecule has 0 heterocycles. The first-order valence-corrected chi connectivity index (χ1v) is 12.9. The van der Waals surface area contributed by atoms with Gasteiger partial charge in [-0.3, -0.25) is 0 Å². The van der Waals surface area contributed by atoms with Crippen LogP contribution in [0.1, 0.15) is 62.0 Å². The molecule has 6 heteroatoms. The third-order valence-corrected chi connectivity index (χ3v) is 7.67. The molecule has 1 aliphatic carbocycles. The van der Waals surface area contributed by atoms with Crippen molar-refractivity contribution in [2.24, 2.45) is 0 Å². The monoisotopic (exact) mass is 522 g/mol. The Morgan fingerprint density at radius 3 is 2.16 bits per heavy atom. The number of hydrogen-bond acceptors (Lipinski definition) is 4. The van der Waals surface area contributed by atoms with Crippen LogP contribution in [0, 0.1) is 0 Å². The van der Waals surface area contributed by atoms with Gasteiger partial charge in [0.25, 0.3) is 0 Å². The molecule has 0 radical (unpaired) electrons. The van der Waals surface area contributed by atoms with Crippen molar-refractivity contribution in [3.05, 3.63) is 76.3 Å². The summed E-state index contributed by atoms with van der Waals surface area (Å²) in [5, 5.41) is 9.74. The van der Waals surface area contributed by atoms with Crippen LogP contribution in [0.15, 0.2) is 54.6 Å². The first-order valence-electron chi connectivity index (χ1n) is 12.6. The molecule has 1 N–H and O–H groups in total. The number of ether oxygens (including phenoxy) is 3. The average Bonchev–Trinajstić information content (AvgIpc) is 2.87. The smallest absolute Gasteiger partial charge is 0.335 e. The van der Waals surface area contributed by atoms with Gasteiger partial charge in [-0.15, -0.1) is 0 Å². The molecule has 0 saturated heterocycles. The van der Waals surface area contributed by atoms with Crippen LogP contribution in [0.2, 0.25) is 5.02 Å². The fourth-order valence-electron chi connectivity index (χ4n) is 4.98. The van der Waals surface area contributed by atoms with Gasteiger partial charge in [0.15, 0.2) is 6.79 Å². The number of benzene rings is 3. The lowest BCUT2D eigenvalue weighted by molar-refractivity contribution is -0.00817. The van der Waals surface area contributed by atoms with E-state index in [1.54, 1.807) is 31.4 Å². The zero-order valence-electron chi connectivity index (χ0n) is 22.2. The third-order valence-electron chi connectivity index (χ3n) is 7.39. The Labute approximate surface area is 224 Å². The number of carbonyl (C=O) groups is 1. The van der Waals surface area contributed by atoms with Crippen molar-refractivity contribution in [1.82, 2.24) is 0 Å². The molecule has 0 bridgehead atoms. The largest absolute Gasteiger partial charge is 0.478 e. The second-order valence-electron chi connectivity index (χ2n) is 10.9. The minimum absolute atomic E-state index is 0.0478. The summed E-state index contributed by atoms with van der Waals surface area (Å²) in [4.78, 5) is 11.3. The fourth-order valence-corrected chi connectivity index (χ4v) is 5.26. The van der Waals surface area contributed by atoms with E-state index in [1.807, 2.05) is 6.07 Å². The Hall–Kier alpha value is -2.86. The number of carboxylic acids is 1. The van der Waals surface area contributed by atoms with Crippen molar-refractivity contribution in [1.29, 1.82) is 0 Å². The molecule has 196 valence electrons. The Bertz CT molecular complexity index is 1280. The lowest BCUT2D eigenvalue weighted by atomic mass is 9.63. The molecule has 3 aromatic rings. The maximum Gasteiger partial charge on any atom is 0.335 e. The third kappa shape index (κ3) is 5.85. The molecule has 0 fully saturated rings. The second kappa shape index (κ2) is 10.9. The Morgan fingerprint density at radius 2 is 1.51 bits per heavy atom. The van der Waals surface area contributed by atoms with Crippen molar-refractivity contribution < 1.29 is 24.1 Å². The van der Waals surface area contributed by atoms with E-state index in [2.05, 4.69) is 52.0 Å². The van der Waals surface area contributed by atoms with Gasteiger partial charge in [-0.25, -0.2) is 4.79 Å². The molecule has 3 aromatic carbocycles. The molecule has 0 amide bonds. The molecule has 0 atom stereocenters. The van der Waals surface area contributed by atoms with Gasteiger partial charge < -0.3 is 19.3 Å². The predicted molar refractivity (Wildman–Crippen MR) is 148 cm³/mol. The van der Waals surface area contributed by atoms with Crippen LogP contribution >= 0.6 is 11.6 Å². The van der Waals surface area contributed by atoms with Crippen LogP contribution in [0.4, 0.5) is 0 Å². The van der Waals surface area contributed by atoms with Gasteiger partial charge in [-0.05, 0) is 75.8 Å². The van der Waals surface area contributed by atoms with Crippen molar-refractivity contribution >= 4 is 17.6 Å². The molecule has 0 aromatic heterocycles. The molecule has 37 heavy (non-hydrogen) atoms. The normalized spacial score (nSPS) is 15.7. The minimum Gasteiger partial charge on any atom is -0.478 e. The molecule has 0 unspecified atom stereocenters. The summed E-state index contributed by atoms with van der Waals surface area (Å²) in [5.41, 5.74) is 6.76. The van der Waals surface area contributed by atoms with Crippen molar-refractivity contribution in [3.63, 3.8) is 0 Å². The predicted octanol–water partition coefficient (Wildman–Crippen LogP) is 7.72. The minimum atomic E-state index is -0.956. The number of hydrogen-bond donors (Lipinski definition) is 1. The summed E-state index contributed by atoms with van der Waals surface area (Å²) >= 11 is 6.80. The molecule has 0 spiro atoms. The summed E-state index contributed by atoms with van der Waals surface area (Å²) < 4.78 is 16.7. The maximum absolute atomic E-state index is 11.3. The number of aromatic carboxylic acids is 1. The number of carboxylic acid groups (broad SMARTS) is 1. The number of rotatable bonds is 9. The van der Waals surface area contributed by atoms with Crippen LogP contribution in [0.3, 0.4) is 0 Å². The summed E-state index contributed by atoms with van der Waals surface area (Å²) in [6, 6.07) is 17.4. The van der Waals surface area contributed by atoms with E-state index in [9.17, 15) is 9.90 Å². The van der Waals surface area contributed by atoms with Crippen molar-refractivity contribution in [2.45, 2.75) is 51.4 Å². The Kier molecular flexibility index (Phi) is 7.98. The zero-order chi connectivity index (χ0) is 26.8. The van der Waals surface area contributed by atoms with E-state index in [1.165, 1.54) is 11.1 Å². The zero-order valence-corrected chi connectivity index (χ0v) is 22.9. The molecule has 5 nitrogen and oxygen atoms in total. The summed E-state index contributed by atoms with van der Waals surface area (Å²) in [7, 11) is 1.62. The van der Waals surface area contributed by atoms with E-state index in [0.717, 1.165) is 35.1 Å². The second-order valence-corrected chi connectivity index (χ2v) is 11.3. The van der Waals surface area contributed by atoms with Crippen LogP contribution in [0.5, 0.6) is 5.75 Å². The molecular weight excluding hydrogens is 488 g/mol. The van der Waals surface area contributed by atoms with Crippen LogP contribution < -0.4 is 4.74 Å². The van der Waals surface area contributed by atoms with Gasteiger partial charge in [-0.2, -0.15) is 0 Å². The Morgan fingerprint density at radius 1 is 0.865 bits per heavy atom. The van der Waals surface area contributed by atoms with Gasteiger partial charge in [0.05, 0.1) is 23.8 Å². The maximum atomic E-state index is 11.3. The summed E-state index contributed by atoms with van der Waals surface area (Å²) in [5.74, 6) is -0.403. The van der Waals surface area contributed by atoms with Crippen molar-refractivity contribution in [2.75, 3.05) is 27.1 Å². The van der Waals surface area contributed by atoms with E-state index in [0.29, 0.717) is 24.0 Å². The topological polar surface area (TPSA) is 65.0 Å². The number of fused-ring (bicyclic) bond motifs is 1. The van der Waals surface area contributed by atoms with Gasteiger partial charge in [0, 0.05) is 12.7 Å². The number of methoxy groups -OCH3 is 1. The highest BCUT2D eigenvalue weighted by molar-refractivity contribution is 6.33. The highest BCUT2D eigenvalue weighted by atomic mass is 35.5. The Balaban J connectivity index is 1.81. The number of halogens is 1. The lowest BCUT2D eigenvalue weighted by Gasteiger charge is -2.42. The van der Waals surface area contributed by atoms with Crippen LogP contribution in [-0.2, 0) is 20.3 Å². The first kappa shape index (κ1) is 27.2. The quantitative estimate of drug-likeness (QED) is 0.230. The SMILES string of the molecule is COCCOCOc1c(Cl)cc(-c2ccc(C(=O)O)cc2)cc1-c1ccc2c(c1)C(C)(C)CCC2(C)C. The van der Waals surface area contributed by atoms with E-state index >= 15 is 0 Å². The molecular formula is C31H35ClO5. The molecule has 4 rings (SSSR count). The summed E-state index contributed by atoms with van der Waals surface area (Å²) in [6.07, 6.45) is 2.26. The van der Waals surface area contributed by atoms with E-state index in [-0.39, 0.29) is 23.2 Å². The van der Waals surface area contributed by atoms with Gasteiger partial charge in [-0.1, -0.05) is 69.6 Å². The van der Waals surface area contributed by atoms with Gasteiger partial charge in [0.2, 0.25) is 0 Å². The van der Waals surface area contributed by atoms with E-state index in [4.69, 9.17) is 25.8 Å². The van der Waals surface area contributed by atoms with Gasteiger partial charge in [0.1, 0.15) is 5.75 Å². The molecule has 0 aliphatic heterocycles. The van der Waals surface area contributed by atoms with Crippen LogP contribution in [0.25, 0.3) is 22.3 Å². The van der Waals surface area contributed by atoms with Crippen molar-refractivity contribution in [3.8, 4) is 28.0 Å². The standard InChI is InChI=1S/C31H35ClO5/c1-30(2)12-13-31(3,4)26-17-22(10-11-25(26)30)24-16-23(20-6-8-21(9-7-20)29(33)34)18-27(32)28(24)37-19-36-15-14-35-5/h6-11,16-18H,12-15,19H2,1-5H3,(H,33,34). The fraction of sp³-hybridized carbons (Fsp3) is 0.387. The van der Waals surface area contributed by atoms with E-state index < -0.39 is 5.97 Å². The summed E-state index contributed by atoms with van der Waals surface area (Å²) in [6.45, 7) is 10.2. The average molecular weight is 523 g/mol. The highest BCUT2D eigenvalue weighted by Crippen LogP contribution is 2.48. The molecule has 1 aliphatic rings.